The molecule has 0 radical (unpaired) electrons. The molecule has 10 nitrogen and oxygen atoms in total. The molecule has 2 aromatic carbocycles. The summed E-state index contributed by atoms with van der Waals surface area (Å²) >= 11 is 0. The number of aromatic nitrogens is 5. The molecule has 0 N–H and O–H groups in total. The summed E-state index contributed by atoms with van der Waals surface area (Å²) in [5, 5.41) is 0. The van der Waals surface area contributed by atoms with Crippen LogP contribution in [-0.4, -0.2) is 44.4 Å². The minimum atomic E-state index is -0.439. The molecular formula is C24H23N5O5. The number of benzene rings is 2. The molecule has 3 heterocycles. The van der Waals surface area contributed by atoms with E-state index < -0.39 is 11.2 Å². The van der Waals surface area contributed by atoms with Crippen LogP contribution in [0.15, 0.2) is 58.3 Å². The van der Waals surface area contributed by atoms with Gasteiger partial charge in [0.25, 0.3) is 5.56 Å². The third-order valence-corrected chi connectivity index (χ3v) is 5.98. The second kappa shape index (κ2) is 7.84. The van der Waals surface area contributed by atoms with E-state index in [1.807, 2.05) is 47.2 Å². The summed E-state index contributed by atoms with van der Waals surface area (Å²) in [6.45, 7) is 0. The van der Waals surface area contributed by atoms with Crippen LogP contribution in [0.4, 0.5) is 0 Å². The third kappa shape index (κ3) is 2.99. The summed E-state index contributed by atoms with van der Waals surface area (Å²) in [7, 11) is 7.81. The van der Waals surface area contributed by atoms with E-state index in [9.17, 15) is 9.59 Å². The topological polar surface area (TPSA) is 93.9 Å². The molecule has 0 aliphatic carbocycles. The molecule has 0 saturated heterocycles. The van der Waals surface area contributed by atoms with E-state index in [0.717, 1.165) is 27.3 Å². The number of aryl methyl sites for hydroxylation is 1. The molecule has 5 rings (SSSR count). The first-order valence-corrected chi connectivity index (χ1v) is 10.5. The SMILES string of the molecule is COc1ccc(-c2cn3c4c(=O)n(C)c(=O)n(C)c4nc3n2-c2ccc(OC)c(OC)c2)cc1. The van der Waals surface area contributed by atoms with Gasteiger partial charge in [-0.1, -0.05) is 0 Å². The van der Waals surface area contributed by atoms with Gasteiger partial charge in [-0.25, -0.2) is 4.79 Å². The first-order valence-electron chi connectivity index (χ1n) is 10.5. The first-order chi connectivity index (χ1) is 16.4. The van der Waals surface area contributed by atoms with Gasteiger partial charge in [-0.2, -0.15) is 4.98 Å². The third-order valence-electron chi connectivity index (χ3n) is 5.98. The average Bonchev–Trinajstić information content (AvgIpc) is 3.42. The van der Waals surface area contributed by atoms with E-state index in [0.29, 0.717) is 28.4 Å². The van der Waals surface area contributed by atoms with Gasteiger partial charge in [0.1, 0.15) is 5.75 Å². The quantitative estimate of drug-likeness (QED) is 0.399. The van der Waals surface area contributed by atoms with Gasteiger partial charge in [-0.3, -0.25) is 22.9 Å². The maximum absolute atomic E-state index is 13.1. The van der Waals surface area contributed by atoms with Crippen LogP contribution in [0.25, 0.3) is 33.9 Å². The van der Waals surface area contributed by atoms with Crippen LogP contribution in [0.3, 0.4) is 0 Å². The molecule has 10 heteroatoms. The zero-order chi connectivity index (χ0) is 24.1. The smallest absolute Gasteiger partial charge is 0.332 e. The molecule has 0 aliphatic heterocycles. The highest BCUT2D eigenvalue weighted by Gasteiger charge is 2.22. The lowest BCUT2D eigenvalue weighted by molar-refractivity contribution is 0.355. The molecule has 5 aromatic rings. The Morgan fingerprint density at radius 2 is 1.53 bits per heavy atom. The van der Waals surface area contributed by atoms with Crippen molar-refractivity contribution in [1.29, 1.82) is 0 Å². The first kappa shape index (κ1) is 21.4. The van der Waals surface area contributed by atoms with Crippen molar-refractivity contribution in [2.45, 2.75) is 0 Å². The van der Waals surface area contributed by atoms with Gasteiger partial charge in [-0.15, -0.1) is 0 Å². The van der Waals surface area contributed by atoms with Crippen LogP contribution >= 0.6 is 0 Å². The van der Waals surface area contributed by atoms with E-state index in [4.69, 9.17) is 19.2 Å². The zero-order valence-electron chi connectivity index (χ0n) is 19.4. The average molecular weight is 461 g/mol. The number of ether oxygens (including phenoxy) is 3. The Kier molecular flexibility index (Phi) is 4.93. The van der Waals surface area contributed by atoms with E-state index in [1.165, 1.54) is 11.6 Å². The van der Waals surface area contributed by atoms with Crippen molar-refractivity contribution >= 4 is 16.9 Å². The van der Waals surface area contributed by atoms with Crippen LogP contribution in [-0.2, 0) is 14.1 Å². The fraction of sp³-hybridized carbons (Fsp3) is 0.208. The van der Waals surface area contributed by atoms with Crippen LogP contribution in [0, 0.1) is 0 Å². The van der Waals surface area contributed by atoms with Gasteiger partial charge in [-0.05, 0) is 36.4 Å². The van der Waals surface area contributed by atoms with Gasteiger partial charge >= 0.3 is 5.69 Å². The lowest BCUT2D eigenvalue weighted by Gasteiger charge is -2.13. The van der Waals surface area contributed by atoms with E-state index in [2.05, 4.69) is 0 Å². The molecule has 0 fully saturated rings. The maximum Gasteiger partial charge on any atom is 0.332 e. The number of imidazole rings is 2. The minimum absolute atomic E-state index is 0.304. The van der Waals surface area contributed by atoms with Crippen molar-refractivity contribution in [3.8, 4) is 34.2 Å². The molecule has 3 aromatic heterocycles. The number of fused-ring (bicyclic) bond motifs is 3. The molecule has 0 bridgehead atoms. The van der Waals surface area contributed by atoms with Crippen molar-refractivity contribution in [3.63, 3.8) is 0 Å². The number of nitrogens with zero attached hydrogens (tertiary/aromatic N) is 5. The number of hydrogen-bond donors (Lipinski definition) is 0. The van der Waals surface area contributed by atoms with E-state index in [-0.39, 0.29) is 0 Å². The molecule has 0 aliphatic rings. The van der Waals surface area contributed by atoms with E-state index in [1.54, 1.807) is 38.8 Å². The second-order valence-electron chi connectivity index (χ2n) is 7.78. The van der Waals surface area contributed by atoms with Crippen molar-refractivity contribution in [2.24, 2.45) is 14.1 Å². The van der Waals surface area contributed by atoms with E-state index >= 15 is 0 Å². The second-order valence-corrected chi connectivity index (χ2v) is 7.78. The van der Waals surface area contributed by atoms with Gasteiger partial charge in [0, 0.05) is 31.9 Å². The zero-order valence-corrected chi connectivity index (χ0v) is 19.4. The highest BCUT2D eigenvalue weighted by atomic mass is 16.5. The lowest BCUT2D eigenvalue weighted by atomic mass is 10.1. The van der Waals surface area contributed by atoms with Crippen molar-refractivity contribution in [2.75, 3.05) is 21.3 Å². The highest BCUT2D eigenvalue weighted by molar-refractivity contribution is 5.79. The predicted octanol–water partition coefficient (Wildman–Crippen LogP) is 2.37. The lowest BCUT2D eigenvalue weighted by Crippen LogP contribution is -2.37. The Labute approximate surface area is 193 Å². The number of rotatable bonds is 5. The minimum Gasteiger partial charge on any atom is -0.497 e. The van der Waals surface area contributed by atoms with Crippen LogP contribution in [0.5, 0.6) is 17.2 Å². The van der Waals surface area contributed by atoms with Crippen LogP contribution in [0.1, 0.15) is 0 Å². The molecule has 0 saturated carbocycles. The Bertz CT molecular complexity index is 1670. The predicted molar refractivity (Wildman–Crippen MR) is 128 cm³/mol. The summed E-state index contributed by atoms with van der Waals surface area (Å²) < 4.78 is 22.3. The highest BCUT2D eigenvalue weighted by Crippen LogP contribution is 2.34. The van der Waals surface area contributed by atoms with Gasteiger partial charge in [0.15, 0.2) is 22.7 Å². The van der Waals surface area contributed by atoms with Crippen molar-refractivity contribution in [3.05, 3.63) is 69.5 Å². The monoisotopic (exact) mass is 461 g/mol. The molecule has 0 amide bonds. The van der Waals surface area contributed by atoms with Gasteiger partial charge < -0.3 is 14.2 Å². The Morgan fingerprint density at radius 1 is 0.824 bits per heavy atom. The van der Waals surface area contributed by atoms with Crippen LogP contribution < -0.4 is 25.5 Å². The Morgan fingerprint density at radius 3 is 2.18 bits per heavy atom. The fourth-order valence-corrected chi connectivity index (χ4v) is 4.15. The largest absolute Gasteiger partial charge is 0.497 e. The summed E-state index contributed by atoms with van der Waals surface area (Å²) in [5.74, 6) is 2.34. The standard InChI is InChI=1S/C24H23N5O5/c1-26-21-20(22(30)27(2)24(26)31)28-13-17(14-6-9-16(32-3)10-7-14)29(23(28)25-21)15-8-11-18(33-4)19(12-15)34-5/h6-13H,1-5H3. The summed E-state index contributed by atoms with van der Waals surface area (Å²) in [6.07, 6.45) is 1.84. The molecule has 174 valence electrons. The Balaban J connectivity index is 1.91. The molecular weight excluding hydrogens is 438 g/mol. The normalized spacial score (nSPS) is 11.3. The summed E-state index contributed by atoms with van der Waals surface area (Å²) in [4.78, 5) is 30.3. The summed E-state index contributed by atoms with van der Waals surface area (Å²) in [6, 6.07) is 13.1. The fourth-order valence-electron chi connectivity index (χ4n) is 4.15. The van der Waals surface area contributed by atoms with Crippen molar-refractivity contribution < 1.29 is 14.2 Å². The number of hydrogen-bond acceptors (Lipinski definition) is 6. The molecule has 34 heavy (non-hydrogen) atoms. The maximum atomic E-state index is 13.1. The number of methoxy groups -OCH3 is 3. The molecule has 0 spiro atoms. The van der Waals surface area contributed by atoms with Gasteiger partial charge in [0.2, 0.25) is 5.78 Å². The molecule has 0 atom stereocenters. The van der Waals surface area contributed by atoms with Crippen molar-refractivity contribution in [1.82, 2.24) is 23.1 Å². The van der Waals surface area contributed by atoms with Gasteiger partial charge in [0.05, 0.1) is 32.7 Å². The van der Waals surface area contributed by atoms with Crippen LogP contribution in [0.2, 0.25) is 0 Å². The summed E-state index contributed by atoms with van der Waals surface area (Å²) in [5.41, 5.74) is 2.18. The molecule has 0 unspecified atom stereocenters. The Hall–Kier alpha value is -4.47.